The molecule has 0 saturated heterocycles. The Bertz CT molecular complexity index is 931. The van der Waals surface area contributed by atoms with Crippen molar-refractivity contribution in [2.75, 3.05) is 0 Å². The molecule has 1 aliphatic rings. The van der Waals surface area contributed by atoms with Crippen molar-refractivity contribution < 1.29 is 14.2 Å². The summed E-state index contributed by atoms with van der Waals surface area (Å²) >= 11 is 1.49. The minimum Gasteiger partial charge on any atom is -0.490 e. The van der Waals surface area contributed by atoms with E-state index in [1.54, 1.807) is 12.3 Å². The molecule has 0 unspecified atom stereocenters. The van der Waals surface area contributed by atoms with Gasteiger partial charge in [-0.15, -0.1) is 11.3 Å². The van der Waals surface area contributed by atoms with Crippen LogP contribution in [-0.4, -0.2) is 16.2 Å². The molecule has 1 aliphatic carbocycles. The number of benzene rings is 1. The fraction of sp³-hybridized carbons (Fsp3) is 0.381. The highest BCUT2D eigenvalue weighted by Gasteiger charge is 2.21. The number of aliphatic hydroxyl groups is 1. The molecule has 4 rings (SSSR count). The summed E-state index contributed by atoms with van der Waals surface area (Å²) in [4.78, 5) is 5.24. The van der Waals surface area contributed by atoms with Gasteiger partial charge in [-0.1, -0.05) is 6.42 Å². The van der Waals surface area contributed by atoms with Crippen LogP contribution in [-0.2, 0) is 6.61 Å². The van der Waals surface area contributed by atoms with Gasteiger partial charge >= 0.3 is 0 Å². The van der Waals surface area contributed by atoms with Gasteiger partial charge in [-0.25, -0.2) is 4.39 Å². The molecule has 0 radical (unpaired) electrons. The zero-order chi connectivity index (χ0) is 18.1. The van der Waals surface area contributed by atoms with Gasteiger partial charge in [0.25, 0.3) is 0 Å². The number of aryl methyl sites for hydroxylation is 1. The summed E-state index contributed by atoms with van der Waals surface area (Å²) in [6.45, 7) is 1.88. The third kappa shape index (κ3) is 3.33. The molecule has 0 atom stereocenters. The van der Waals surface area contributed by atoms with Crippen molar-refractivity contribution in [2.24, 2.45) is 0 Å². The number of aromatic nitrogens is 1. The number of rotatable bonds is 4. The van der Waals surface area contributed by atoms with Crippen LogP contribution in [0.1, 0.15) is 42.5 Å². The van der Waals surface area contributed by atoms with Crippen LogP contribution in [0, 0.1) is 12.7 Å². The predicted octanol–water partition coefficient (Wildman–Crippen LogP) is 5.61. The minimum absolute atomic E-state index is 0.0198. The molecule has 0 aliphatic heterocycles. The number of hydrogen-bond acceptors (Lipinski definition) is 4. The fourth-order valence-electron chi connectivity index (χ4n) is 3.71. The molecule has 0 bridgehead atoms. The van der Waals surface area contributed by atoms with Crippen LogP contribution in [0.4, 0.5) is 4.39 Å². The third-order valence-electron chi connectivity index (χ3n) is 4.99. The number of ether oxygens (including phenoxy) is 1. The van der Waals surface area contributed by atoms with Crippen LogP contribution in [0.15, 0.2) is 30.5 Å². The molecule has 26 heavy (non-hydrogen) atoms. The quantitative estimate of drug-likeness (QED) is 0.648. The average molecular weight is 371 g/mol. The van der Waals surface area contributed by atoms with Gasteiger partial charge in [0.1, 0.15) is 11.6 Å². The maximum Gasteiger partial charge on any atom is 0.130 e. The highest BCUT2D eigenvalue weighted by Crippen LogP contribution is 2.41. The number of fused-ring (bicyclic) bond motifs is 1. The summed E-state index contributed by atoms with van der Waals surface area (Å²) in [6.07, 6.45) is 7.66. The summed E-state index contributed by atoms with van der Waals surface area (Å²) in [6, 6.07) is 6.88. The van der Waals surface area contributed by atoms with Crippen molar-refractivity contribution >= 4 is 21.6 Å². The van der Waals surface area contributed by atoms with Gasteiger partial charge in [-0.2, -0.15) is 0 Å². The lowest BCUT2D eigenvalue weighted by Crippen LogP contribution is -2.20. The number of thiophene rings is 1. The molecule has 1 aromatic carbocycles. The molecule has 1 N–H and O–H groups in total. The second-order valence-corrected chi connectivity index (χ2v) is 8.06. The molecule has 2 heterocycles. The van der Waals surface area contributed by atoms with Crippen molar-refractivity contribution in [1.29, 1.82) is 0 Å². The summed E-state index contributed by atoms with van der Waals surface area (Å²) in [5, 5.41) is 9.46. The molecule has 3 aromatic rings. The third-order valence-corrected chi connectivity index (χ3v) is 6.13. The molecular formula is C21H22FNO2S. The van der Waals surface area contributed by atoms with Crippen LogP contribution < -0.4 is 4.74 Å². The highest BCUT2D eigenvalue weighted by atomic mass is 32.1. The van der Waals surface area contributed by atoms with Gasteiger partial charge in [0, 0.05) is 22.2 Å². The predicted molar refractivity (Wildman–Crippen MR) is 103 cm³/mol. The van der Waals surface area contributed by atoms with Crippen LogP contribution in [0.2, 0.25) is 0 Å². The van der Waals surface area contributed by atoms with Gasteiger partial charge in [0.05, 0.1) is 22.9 Å². The molecular weight excluding hydrogens is 349 g/mol. The van der Waals surface area contributed by atoms with Gasteiger partial charge < -0.3 is 9.84 Å². The summed E-state index contributed by atoms with van der Waals surface area (Å²) < 4.78 is 21.6. The van der Waals surface area contributed by atoms with Crippen molar-refractivity contribution in [3.63, 3.8) is 0 Å². The topological polar surface area (TPSA) is 42.4 Å². The van der Waals surface area contributed by atoms with Crippen molar-refractivity contribution in [3.05, 3.63) is 46.7 Å². The van der Waals surface area contributed by atoms with E-state index in [1.165, 1.54) is 36.7 Å². The van der Waals surface area contributed by atoms with Crippen LogP contribution in [0.3, 0.4) is 0 Å². The van der Waals surface area contributed by atoms with Gasteiger partial charge in [-0.05, 0) is 62.4 Å². The van der Waals surface area contributed by atoms with Gasteiger partial charge in [0.15, 0.2) is 0 Å². The largest absolute Gasteiger partial charge is 0.490 e. The van der Waals surface area contributed by atoms with E-state index in [2.05, 4.69) is 4.98 Å². The molecule has 1 fully saturated rings. The lowest BCUT2D eigenvalue weighted by molar-refractivity contribution is 0.154. The molecule has 0 spiro atoms. The maximum absolute atomic E-state index is 14.2. The first-order valence-corrected chi connectivity index (χ1v) is 9.93. The van der Waals surface area contributed by atoms with E-state index in [0.29, 0.717) is 0 Å². The number of pyridine rings is 1. The van der Waals surface area contributed by atoms with Crippen LogP contribution in [0.25, 0.3) is 21.3 Å². The fourth-order valence-corrected chi connectivity index (χ4v) is 4.72. The van der Waals surface area contributed by atoms with E-state index < -0.39 is 0 Å². The number of nitrogens with zero attached hydrogens (tertiary/aromatic N) is 1. The first kappa shape index (κ1) is 17.4. The standard InChI is InChI=1S/C21H22FNO2S/c1-13-9-14(22)10-18(20(13)25-15-5-3-2-4-6-15)17-7-8-23-19-11-16(12-24)26-21(17)19/h7-11,15,24H,2-6,12H2,1H3. The maximum atomic E-state index is 14.2. The lowest BCUT2D eigenvalue weighted by Gasteiger charge is -2.25. The summed E-state index contributed by atoms with van der Waals surface area (Å²) in [5.41, 5.74) is 3.32. The molecule has 1 saturated carbocycles. The second-order valence-electron chi connectivity index (χ2n) is 6.92. The Morgan fingerprint density at radius 1 is 1.19 bits per heavy atom. The number of aliphatic hydroxyl groups excluding tert-OH is 1. The van der Waals surface area contributed by atoms with Crippen molar-refractivity contribution in [2.45, 2.75) is 51.7 Å². The van der Waals surface area contributed by atoms with Crippen LogP contribution >= 0.6 is 11.3 Å². The summed E-state index contributed by atoms with van der Waals surface area (Å²) in [7, 11) is 0. The molecule has 0 amide bonds. The molecule has 2 aromatic heterocycles. The molecule has 3 nitrogen and oxygen atoms in total. The Labute approximate surface area is 156 Å². The second kappa shape index (κ2) is 7.33. The Kier molecular flexibility index (Phi) is 4.92. The van der Waals surface area contributed by atoms with E-state index in [-0.39, 0.29) is 18.5 Å². The van der Waals surface area contributed by atoms with E-state index in [9.17, 15) is 9.50 Å². The van der Waals surface area contributed by atoms with Crippen molar-refractivity contribution in [1.82, 2.24) is 4.98 Å². The summed E-state index contributed by atoms with van der Waals surface area (Å²) in [5.74, 6) is 0.502. The van der Waals surface area contributed by atoms with Gasteiger partial charge in [-0.3, -0.25) is 4.98 Å². The van der Waals surface area contributed by atoms with E-state index in [1.807, 2.05) is 19.1 Å². The Morgan fingerprint density at radius 3 is 2.77 bits per heavy atom. The monoisotopic (exact) mass is 371 g/mol. The average Bonchev–Trinajstić information content (AvgIpc) is 3.08. The van der Waals surface area contributed by atoms with Gasteiger partial charge in [0.2, 0.25) is 0 Å². The first-order chi connectivity index (χ1) is 12.7. The zero-order valence-electron chi connectivity index (χ0n) is 14.8. The highest BCUT2D eigenvalue weighted by molar-refractivity contribution is 7.19. The number of halogens is 1. The SMILES string of the molecule is Cc1cc(F)cc(-c2ccnc3cc(CO)sc23)c1OC1CCCCC1. The van der Waals surface area contributed by atoms with E-state index in [4.69, 9.17) is 4.74 Å². The number of hydrogen-bond donors (Lipinski definition) is 1. The van der Waals surface area contributed by atoms with Crippen molar-refractivity contribution in [3.8, 4) is 16.9 Å². The minimum atomic E-state index is -0.266. The Morgan fingerprint density at radius 2 is 2.00 bits per heavy atom. The zero-order valence-corrected chi connectivity index (χ0v) is 15.6. The van der Waals surface area contributed by atoms with Crippen LogP contribution in [0.5, 0.6) is 5.75 Å². The smallest absolute Gasteiger partial charge is 0.130 e. The molecule has 5 heteroatoms. The normalized spacial score (nSPS) is 15.5. The van der Waals surface area contributed by atoms with E-state index >= 15 is 0 Å². The lowest BCUT2D eigenvalue weighted by atomic mass is 9.97. The first-order valence-electron chi connectivity index (χ1n) is 9.11. The Balaban J connectivity index is 1.84. The Hall–Kier alpha value is -1.98. The van der Waals surface area contributed by atoms with E-state index in [0.717, 1.165) is 50.4 Å². The molecule has 136 valence electrons.